The van der Waals surface area contributed by atoms with Crippen LogP contribution >= 0.6 is 0 Å². The highest BCUT2D eigenvalue weighted by Crippen LogP contribution is 2.48. The maximum absolute atomic E-state index is 13.3. The van der Waals surface area contributed by atoms with Gasteiger partial charge in [-0.1, -0.05) is 18.7 Å². The molecule has 0 bridgehead atoms. The SMILES string of the molecule is C=C1c2ccc3c(c2C(=O)c2occ(/C=C/C(=O)OCC)c21)CCC31OCCO1. The lowest BCUT2D eigenvalue weighted by Crippen LogP contribution is -2.24. The van der Waals surface area contributed by atoms with Gasteiger partial charge in [-0.05, 0) is 36.1 Å². The Labute approximate surface area is 167 Å². The minimum atomic E-state index is -0.733. The summed E-state index contributed by atoms with van der Waals surface area (Å²) in [4.78, 5) is 25.0. The quantitative estimate of drug-likeness (QED) is 0.501. The monoisotopic (exact) mass is 392 g/mol. The van der Waals surface area contributed by atoms with Gasteiger partial charge < -0.3 is 18.6 Å². The number of ether oxygens (including phenoxy) is 3. The van der Waals surface area contributed by atoms with E-state index in [0.717, 1.165) is 16.7 Å². The Morgan fingerprint density at radius 2 is 2.07 bits per heavy atom. The molecule has 0 saturated carbocycles. The van der Waals surface area contributed by atoms with Crippen LogP contribution in [-0.2, 0) is 31.2 Å². The Hall–Kier alpha value is -2.96. The molecule has 0 N–H and O–H groups in total. The smallest absolute Gasteiger partial charge is 0.330 e. The fourth-order valence-electron chi connectivity index (χ4n) is 4.52. The van der Waals surface area contributed by atoms with Crippen molar-refractivity contribution in [3.8, 4) is 0 Å². The highest BCUT2D eigenvalue weighted by atomic mass is 16.7. The lowest BCUT2D eigenvalue weighted by atomic mass is 9.81. The van der Waals surface area contributed by atoms with Gasteiger partial charge in [0.25, 0.3) is 0 Å². The van der Waals surface area contributed by atoms with E-state index in [4.69, 9.17) is 18.6 Å². The van der Waals surface area contributed by atoms with E-state index in [-0.39, 0.29) is 11.5 Å². The number of fused-ring (bicyclic) bond motifs is 5. The fraction of sp³-hybridized carbons (Fsp3) is 0.304. The van der Waals surface area contributed by atoms with Crippen LogP contribution in [0.15, 0.2) is 35.5 Å². The van der Waals surface area contributed by atoms with E-state index in [2.05, 4.69) is 6.58 Å². The van der Waals surface area contributed by atoms with Crippen molar-refractivity contribution in [3.63, 3.8) is 0 Å². The van der Waals surface area contributed by atoms with Crippen molar-refractivity contribution in [2.45, 2.75) is 25.6 Å². The van der Waals surface area contributed by atoms with E-state index in [0.29, 0.717) is 54.9 Å². The zero-order chi connectivity index (χ0) is 20.2. The molecular weight excluding hydrogens is 372 g/mol. The van der Waals surface area contributed by atoms with Crippen LogP contribution in [0.3, 0.4) is 0 Å². The Bertz CT molecular complexity index is 1080. The van der Waals surface area contributed by atoms with Crippen LogP contribution in [0.25, 0.3) is 11.6 Å². The first-order chi connectivity index (χ1) is 14.1. The fourth-order valence-corrected chi connectivity index (χ4v) is 4.52. The summed E-state index contributed by atoms with van der Waals surface area (Å²) in [5.41, 5.74) is 5.20. The van der Waals surface area contributed by atoms with Crippen LogP contribution in [0.4, 0.5) is 0 Å². The zero-order valence-electron chi connectivity index (χ0n) is 16.1. The standard InChI is InChI=1S/C23H20O6/c1-3-26-18(24)7-4-14-12-27-22-19(14)13(2)15-5-6-17-16(20(15)21(22)25)8-9-23(17)28-10-11-29-23/h4-7,12H,2-3,8-11H2,1H3/b7-4+. The number of hydrogen-bond acceptors (Lipinski definition) is 6. The molecule has 0 atom stereocenters. The summed E-state index contributed by atoms with van der Waals surface area (Å²) in [7, 11) is 0. The first-order valence-electron chi connectivity index (χ1n) is 9.70. The Morgan fingerprint density at radius 1 is 1.28 bits per heavy atom. The van der Waals surface area contributed by atoms with Crippen LogP contribution in [0.5, 0.6) is 0 Å². The molecule has 0 radical (unpaired) electrons. The highest BCUT2D eigenvalue weighted by Gasteiger charge is 2.47. The van der Waals surface area contributed by atoms with E-state index in [1.807, 2.05) is 12.1 Å². The molecule has 2 aromatic rings. The third-order valence-electron chi connectivity index (χ3n) is 5.75. The maximum atomic E-state index is 13.3. The minimum Gasteiger partial charge on any atom is -0.463 e. The molecule has 0 amide bonds. The van der Waals surface area contributed by atoms with Gasteiger partial charge in [-0.3, -0.25) is 4.79 Å². The second-order valence-corrected chi connectivity index (χ2v) is 7.25. The number of hydrogen-bond donors (Lipinski definition) is 0. The van der Waals surface area contributed by atoms with Crippen LogP contribution in [0.1, 0.15) is 57.3 Å². The molecule has 1 fully saturated rings. The molecule has 0 unspecified atom stereocenters. The number of ketones is 1. The summed E-state index contributed by atoms with van der Waals surface area (Å²) in [6, 6.07) is 3.88. The van der Waals surface area contributed by atoms with Gasteiger partial charge in [-0.2, -0.15) is 0 Å². The largest absolute Gasteiger partial charge is 0.463 e. The summed E-state index contributed by atoms with van der Waals surface area (Å²) >= 11 is 0. The normalized spacial score (nSPS) is 18.9. The first-order valence-corrected chi connectivity index (χ1v) is 9.70. The summed E-state index contributed by atoms with van der Waals surface area (Å²) in [5, 5.41) is 0. The lowest BCUT2D eigenvalue weighted by Gasteiger charge is -2.25. The van der Waals surface area contributed by atoms with Crippen molar-refractivity contribution >= 4 is 23.4 Å². The van der Waals surface area contributed by atoms with Gasteiger partial charge in [0.1, 0.15) is 0 Å². The highest BCUT2D eigenvalue weighted by molar-refractivity contribution is 6.19. The summed E-state index contributed by atoms with van der Waals surface area (Å²) in [6.07, 6.45) is 5.77. The molecule has 1 spiro atoms. The summed E-state index contributed by atoms with van der Waals surface area (Å²) in [6.45, 7) is 7.36. The van der Waals surface area contributed by atoms with Crippen LogP contribution in [-0.4, -0.2) is 31.6 Å². The zero-order valence-corrected chi connectivity index (χ0v) is 16.1. The van der Waals surface area contributed by atoms with Gasteiger partial charge in [0.05, 0.1) is 26.1 Å². The minimum absolute atomic E-state index is 0.176. The van der Waals surface area contributed by atoms with Crippen molar-refractivity contribution < 1.29 is 28.2 Å². The summed E-state index contributed by atoms with van der Waals surface area (Å²) in [5.74, 6) is -1.11. The molecule has 3 aliphatic rings. The van der Waals surface area contributed by atoms with Crippen molar-refractivity contribution in [3.05, 3.63) is 70.2 Å². The molecule has 1 aromatic heterocycles. The first kappa shape index (κ1) is 18.1. The molecule has 148 valence electrons. The number of benzene rings is 1. The van der Waals surface area contributed by atoms with E-state index in [1.54, 1.807) is 13.0 Å². The molecule has 29 heavy (non-hydrogen) atoms. The Morgan fingerprint density at radius 3 is 2.83 bits per heavy atom. The molecular formula is C23H20O6. The van der Waals surface area contributed by atoms with Crippen molar-refractivity contribution in [1.29, 1.82) is 0 Å². The lowest BCUT2D eigenvalue weighted by molar-refractivity contribution is -0.163. The van der Waals surface area contributed by atoms with E-state index >= 15 is 0 Å². The molecule has 6 nitrogen and oxygen atoms in total. The van der Waals surface area contributed by atoms with Gasteiger partial charge in [-0.15, -0.1) is 0 Å². The number of esters is 1. The predicted molar refractivity (Wildman–Crippen MR) is 104 cm³/mol. The van der Waals surface area contributed by atoms with Crippen molar-refractivity contribution in [2.75, 3.05) is 19.8 Å². The second kappa shape index (κ2) is 6.54. The summed E-state index contributed by atoms with van der Waals surface area (Å²) < 4.78 is 22.3. The number of rotatable bonds is 3. The van der Waals surface area contributed by atoms with Gasteiger partial charge in [-0.25, -0.2) is 4.79 Å². The van der Waals surface area contributed by atoms with Gasteiger partial charge in [0.15, 0.2) is 11.5 Å². The predicted octanol–water partition coefficient (Wildman–Crippen LogP) is 3.61. The molecule has 2 heterocycles. The average molecular weight is 392 g/mol. The van der Waals surface area contributed by atoms with Crippen molar-refractivity contribution in [2.24, 2.45) is 0 Å². The van der Waals surface area contributed by atoms with Crippen LogP contribution in [0, 0.1) is 0 Å². The van der Waals surface area contributed by atoms with Crippen LogP contribution < -0.4 is 0 Å². The third kappa shape index (κ3) is 2.56. The number of furan rings is 1. The number of carbonyl (C=O) groups excluding carboxylic acids is 2. The molecule has 6 heteroatoms. The van der Waals surface area contributed by atoms with E-state index in [9.17, 15) is 9.59 Å². The van der Waals surface area contributed by atoms with Crippen LogP contribution in [0.2, 0.25) is 0 Å². The second-order valence-electron chi connectivity index (χ2n) is 7.25. The van der Waals surface area contributed by atoms with Gasteiger partial charge in [0.2, 0.25) is 5.78 Å². The van der Waals surface area contributed by atoms with E-state index < -0.39 is 11.8 Å². The molecule has 1 aliphatic heterocycles. The van der Waals surface area contributed by atoms with E-state index in [1.165, 1.54) is 12.3 Å². The third-order valence-corrected chi connectivity index (χ3v) is 5.75. The van der Waals surface area contributed by atoms with Crippen molar-refractivity contribution in [1.82, 2.24) is 0 Å². The molecule has 5 rings (SSSR count). The van der Waals surface area contributed by atoms with Gasteiger partial charge in [0, 0.05) is 34.8 Å². The number of carbonyl (C=O) groups is 2. The average Bonchev–Trinajstić information content (AvgIpc) is 3.44. The molecule has 2 aliphatic carbocycles. The molecule has 1 saturated heterocycles. The maximum Gasteiger partial charge on any atom is 0.330 e. The Kier molecular flexibility index (Phi) is 4.08. The van der Waals surface area contributed by atoms with Gasteiger partial charge >= 0.3 is 5.97 Å². The molecule has 1 aromatic carbocycles. The topological polar surface area (TPSA) is 75.0 Å². The Balaban J connectivity index is 1.58.